The molecule has 5 heteroatoms. The number of nitrogens with zero attached hydrogens (tertiary/aromatic N) is 1. The lowest BCUT2D eigenvalue weighted by Gasteiger charge is -2.04. The fourth-order valence-electron chi connectivity index (χ4n) is 1.88. The normalized spacial score (nSPS) is 10.9. The summed E-state index contributed by atoms with van der Waals surface area (Å²) in [4.78, 5) is 12.2. The van der Waals surface area contributed by atoms with Crippen molar-refractivity contribution in [3.63, 3.8) is 0 Å². The molecule has 0 aliphatic rings. The van der Waals surface area contributed by atoms with Crippen molar-refractivity contribution in [2.75, 3.05) is 7.11 Å². The molecule has 0 bridgehead atoms. The highest BCUT2D eigenvalue weighted by Crippen LogP contribution is 2.26. The third kappa shape index (κ3) is 3.41. The average Bonchev–Trinajstić information content (AvgIpc) is 2.52. The number of nitriles is 1. The third-order valence-electron chi connectivity index (χ3n) is 2.97. The fraction of sp³-hybridized carbons (Fsp3) is 0.0588. The number of carbonyl (C=O) groups excluding carboxylic acids is 1. The molecule has 0 fully saturated rings. The summed E-state index contributed by atoms with van der Waals surface area (Å²) in [6, 6.07) is 12.5. The fourth-order valence-corrected chi connectivity index (χ4v) is 2.44. The van der Waals surface area contributed by atoms with Gasteiger partial charge in [-0.2, -0.15) is 5.26 Å². The van der Waals surface area contributed by atoms with Crippen LogP contribution in [-0.4, -0.2) is 12.9 Å². The lowest BCUT2D eigenvalue weighted by Crippen LogP contribution is -2.04. The molecule has 0 aromatic heterocycles. The van der Waals surface area contributed by atoms with Crippen LogP contribution in [0.5, 0.6) is 5.75 Å². The molecule has 2 aromatic carbocycles. The highest BCUT2D eigenvalue weighted by molar-refractivity contribution is 9.10. The van der Waals surface area contributed by atoms with E-state index in [1.54, 1.807) is 24.3 Å². The molecule has 0 N–H and O–H groups in total. The number of rotatable bonds is 4. The molecule has 0 amide bonds. The first-order chi connectivity index (χ1) is 10.6. The van der Waals surface area contributed by atoms with Gasteiger partial charge in [-0.3, -0.25) is 4.79 Å². The molecule has 110 valence electrons. The van der Waals surface area contributed by atoms with Gasteiger partial charge in [0.15, 0.2) is 0 Å². The number of ketones is 1. The van der Waals surface area contributed by atoms with Crippen LogP contribution >= 0.6 is 15.9 Å². The molecule has 0 saturated heterocycles. The number of hydrogen-bond donors (Lipinski definition) is 0. The largest absolute Gasteiger partial charge is 0.496 e. The van der Waals surface area contributed by atoms with Crippen LogP contribution in [0.15, 0.2) is 52.5 Å². The van der Waals surface area contributed by atoms with Gasteiger partial charge in [0.25, 0.3) is 0 Å². The first-order valence-corrected chi connectivity index (χ1v) is 7.10. The van der Waals surface area contributed by atoms with Crippen molar-refractivity contribution in [3.05, 3.63) is 69.5 Å². The Labute approximate surface area is 135 Å². The summed E-state index contributed by atoms with van der Waals surface area (Å²) in [6.45, 7) is 0. The van der Waals surface area contributed by atoms with Crippen LogP contribution in [0.25, 0.3) is 6.08 Å². The number of allylic oxidation sites excluding steroid dienone is 1. The van der Waals surface area contributed by atoms with Gasteiger partial charge in [0.2, 0.25) is 5.78 Å². The lowest BCUT2D eigenvalue weighted by atomic mass is 10.0. The predicted molar refractivity (Wildman–Crippen MR) is 85.0 cm³/mol. The van der Waals surface area contributed by atoms with E-state index in [0.717, 1.165) is 0 Å². The van der Waals surface area contributed by atoms with E-state index in [2.05, 4.69) is 15.9 Å². The molecule has 0 unspecified atom stereocenters. The smallest absolute Gasteiger partial charge is 0.206 e. The molecule has 0 aliphatic carbocycles. The van der Waals surface area contributed by atoms with Gasteiger partial charge in [0.1, 0.15) is 23.2 Å². The van der Waals surface area contributed by atoms with E-state index in [4.69, 9.17) is 4.74 Å². The molecule has 0 heterocycles. The standard InChI is InChI=1S/C17H11BrFNO2/c1-22-16-7-6-11(9-14(16)18)8-12(10-20)17(21)13-4-2-3-5-15(13)19/h2-9H,1H3/b12-8+. The maximum absolute atomic E-state index is 13.7. The molecule has 0 spiro atoms. The van der Waals surface area contributed by atoms with E-state index in [1.165, 1.54) is 31.4 Å². The van der Waals surface area contributed by atoms with Crippen molar-refractivity contribution >= 4 is 27.8 Å². The summed E-state index contributed by atoms with van der Waals surface area (Å²) in [7, 11) is 1.54. The Hall–Kier alpha value is -2.45. The van der Waals surface area contributed by atoms with Crippen LogP contribution in [0.2, 0.25) is 0 Å². The number of halogens is 2. The summed E-state index contributed by atoms with van der Waals surface area (Å²) in [5.74, 6) is -0.659. The maximum atomic E-state index is 13.7. The van der Waals surface area contributed by atoms with E-state index >= 15 is 0 Å². The molecule has 0 radical (unpaired) electrons. The van der Waals surface area contributed by atoms with Gasteiger partial charge in [-0.1, -0.05) is 18.2 Å². The van der Waals surface area contributed by atoms with Crippen LogP contribution in [0.3, 0.4) is 0 Å². The van der Waals surface area contributed by atoms with Gasteiger partial charge in [-0.25, -0.2) is 4.39 Å². The molecule has 0 atom stereocenters. The zero-order valence-corrected chi connectivity index (χ0v) is 13.2. The summed E-state index contributed by atoms with van der Waals surface area (Å²) in [5.41, 5.74) is 0.374. The Kier molecular flexibility index (Phi) is 5.08. The van der Waals surface area contributed by atoms with E-state index in [0.29, 0.717) is 15.8 Å². The van der Waals surface area contributed by atoms with E-state index in [-0.39, 0.29) is 11.1 Å². The quantitative estimate of drug-likeness (QED) is 0.462. The Morgan fingerprint density at radius 2 is 2.05 bits per heavy atom. The minimum Gasteiger partial charge on any atom is -0.496 e. The van der Waals surface area contributed by atoms with Crippen LogP contribution in [0.1, 0.15) is 15.9 Å². The Bertz CT molecular complexity index is 793. The highest BCUT2D eigenvalue weighted by Gasteiger charge is 2.16. The van der Waals surface area contributed by atoms with Crippen LogP contribution in [0.4, 0.5) is 4.39 Å². The molecule has 0 saturated carbocycles. The van der Waals surface area contributed by atoms with Gasteiger partial charge >= 0.3 is 0 Å². The summed E-state index contributed by atoms with van der Waals surface area (Å²) in [6.07, 6.45) is 1.42. The molecule has 2 aromatic rings. The highest BCUT2D eigenvalue weighted by atomic mass is 79.9. The van der Waals surface area contributed by atoms with Crippen molar-refractivity contribution in [1.82, 2.24) is 0 Å². The van der Waals surface area contributed by atoms with Crippen molar-refractivity contribution in [2.45, 2.75) is 0 Å². The zero-order valence-electron chi connectivity index (χ0n) is 11.6. The molecule has 3 nitrogen and oxygen atoms in total. The second kappa shape index (κ2) is 7.01. The van der Waals surface area contributed by atoms with E-state index in [9.17, 15) is 14.4 Å². The second-order valence-corrected chi connectivity index (χ2v) is 5.23. The van der Waals surface area contributed by atoms with Crippen molar-refractivity contribution in [2.24, 2.45) is 0 Å². The molecular weight excluding hydrogens is 349 g/mol. The third-order valence-corrected chi connectivity index (χ3v) is 3.59. The molecule has 22 heavy (non-hydrogen) atoms. The topological polar surface area (TPSA) is 50.1 Å². The maximum Gasteiger partial charge on any atom is 0.206 e. The zero-order chi connectivity index (χ0) is 16.1. The molecular formula is C17H11BrFNO2. The first-order valence-electron chi connectivity index (χ1n) is 6.31. The Balaban J connectivity index is 2.40. The SMILES string of the molecule is COc1ccc(/C=C(\C#N)C(=O)c2ccccc2F)cc1Br. The van der Waals surface area contributed by atoms with Crippen molar-refractivity contribution < 1.29 is 13.9 Å². The molecule has 0 aliphatic heterocycles. The average molecular weight is 360 g/mol. The van der Waals surface area contributed by atoms with Gasteiger partial charge in [0, 0.05) is 0 Å². The summed E-state index contributed by atoms with van der Waals surface area (Å²) in [5, 5.41) is 9.18. The minimum absolute atomic E-state index is 0.122. The number of hydrogen-bond acceptors (Lipinski definition) is 3. The van der Waals surface area contributed by atoms with Gasteiger partial charge in [-0.05, 0) is 51.8 Å². The van der Waals surface area contributed by atoms with E-state index < -0.39 is 11.6 Å². The first kappa shape index (κ1) is 15.9. The Morgan fingerprint density at radius 3 is 2.64 bits per heavy atom. The van der Waals surface area contributed by atoms with Crippen molar-refractivity contribution in [3.8, 4) is 11.8 Å². The molecule has 2 rings (SSSR count). The number of benzene rings is 2. The van der Waals surface area contributed by atoms with E-state index in [1.807, 2.05) is 6.07 Å². The van der Waals surface area contributed by atoms with Crippen LogP contribution in [0, 0.1) is 17.1 Å². The van der Waals surface area contributed by atoms with Gasteiger partial charge < -0.3 is 4.74 Å². The number of carbonyl (C=O) groups is 1. The van der Waals surface area contributed by atoms with Gasteiger partial charge in [-0.15, -0.1) is 0 Å². The number of Topliss-reactive ketones (excluding diaryl/α,β-unsaturated/α-hetero) is 1. The second-order valence-electron chi connectivity index (χ2n) is 4.37. The number of methoxy groups -OCH3 is 1. The minimum atomic E-state index is -0.649. The predicted octanol–water partition coefficient (Wildman–Crippen LogP) is 4.39. The van der Waals surface area contributed by atoms with Crippen molar-refractivity contribution in [1.29, 1.82) is 5.26 Å². The Morgan fingerprint density at radius 1 is 1.32 bits per heavy atom. The summed E-state index contributed by atoms with van der Waals surface area (Å²) < 4.78 is 19.5. The number of ether oxygens (including phenoxy) is 1. The van der Waals surface area contributed by atoms with Gasteiger partial charge in [0.05, 0.1) is 17.1 Å². The van der Waals surface area contributed by atoms with Crippen LogP contribution in [-0.2, 0) is 0 Å². The lowest BCUT2D eigenvalue weighted by molar-refractivity contribution is 0.103. The van der Waals surface area contributed by atoms with Crippen LogP contribution < -0.4 is 4.74 Å². The monoisotopic (exact) mass is 359 g/mol. The summed E-state index contributed by atoms with van der Waals surface area (Å²) >= 11 is 3.33.